The normalized spacial score (nSPS) is 16.7. The highest BCUT2D eigenvalue weighted by atomic mass is 16.5. The van der Waals surface area contributed by atoms with Gasteiger partial charge in [-0.15, -0.1) is 0 Å². The first kappa shape index (κ1) is 17.5. The van der Waals surface area contributed by atoms with Gasteiger partial charge in [-0.2, -0.15) is 0 Å². The van der Waals surface area contributed by atoms with Crippen LogP contribution in [0.2, 0.25) is 0 Å². The van der Waals surface area contributed by atoms with Crippen LogP contribution in [-0.2, 0) is 0 Å². The van der Waals surface area contributed by atoms with Crippen molar-refractivity contribution in [2.45, 2.75) is 18.9 Å². The summed E-state index contributed by atoms with van der Waals surface area (Å²) in [6.07, 6.45) is 2.27. The predicted octanol–water partition coefficient (Wildman–Crippen LogP) is 3.80. The van der Waals surface area contributed by atoms with E-state index in [0.29, 0.717) is 12.5 Å². The van der Waals surface area contributed by atoms with Gasteiger partial charge in [-0.1, -0.05) is 12.1 Å². The van der Waals surface area contributed by atoms with Crippen molar-refractivity contribution in [2.75, 3.05) is 37.5 Å². The third kappa shape index (κ3) is 3.94. The molecule has 2 aromatic rings. The maximum absolute atomic E-state index is 12.6. The van der Waals surface area contributed by atoms with Crippen LogP contribution in [0.4, 0.5) is 16.2 Å². The second-order valence-electron chi connectivity index (χ2n) is 7.14. The molecule has 6 heteroatoms. The van der Waals surface area contributed by atoms with Gasteiger partial charge in [0.05, 0.1) is 25.4 Å². The average Bonchev–Trinajstić information content (AvgIpc) is 3.52. The van der Waals surface area contributed by atoms with Crippen molar-refractivity contribution in [1.29, 1.82) is 0 Å². The fraction of sp³-hybridized carbons (Fsp3) is 0.381. The van der Waals surface area contributed by atoms with Crippen LogP contribution in [0.3, 0.4) is 0 Å². The number of rotatable bonds is 5. The number of likely N-dealkylation sites (N-methyl/N-ethyl adjacent to an activating group) is 1. The van der Waals surface area contributed by atoms with Crippen molar-refractivity contribution in [1.82, 2.24) is 5.32 Å². The summed E-state index contributed by atoms with van der Waals surface area (Å²) in [6.45, 7) is 1.52. The van der Waals surface area contributed by atoms with Gasteiger partial charge in [0.1, 0.15) is 18.1 Å². The van der Waals surface area contributed by atoms with Crippen LogP contribution in [0.15, 0.2) is 42.5 Å². The smallest absolute Gasteiger partial charge is 0.319 e. The topological polar surface area (TPSA) is 62.8 Å². The van der Waals surface area contributed by atoms with Gasteiger partial charge in [0.2, 0.25) is 0 Å². The standard InChI is InChI=1S/C21H25N3O3/c1-24-11-12-27-19-10-7-16(13-18(19)24)22-21(25)23-20(14-3-4-14)15-5-8-17(26-2)9-6-15/h5-10,13-14,20H,3-4,11-12H2,1-2H3,(H2,22,23,25). The number of nitrogens with one attached hydrogen (secondary N) is 2. The largest absolute Gasteiger partial charge is 0.497 e. The van der Waals surface area contributed by atoms with Gasteiger partial charge >= 0.3 is 6.03 Å². The monoisotopic (exact) mass is 367 g/mol. The second-order valence-corrected chi connectivity index (χ2v) is 7.14. The van der Waals surface area contributed by atoms with Crippen LogP contribution in [0.25, 0.3) is 0 Å². The summed E-state index contributed by atoms with van der Waals surface area (Å²) in [5, 5.41) is 6.10. The number of carbonyl (C=O) groups excluding carboxylic acids is 1. The summed E-state index contributed by atoms with van der Waals surface area (Å²) in [4.78, 5) is 14.7. The fourth-order valence-electron chi connectivity index (χ4n) is 3.45. The Labute approximate surface area is 159 Å². The maximum atomic E-state index is 12.6. The number of anilines is 2. The third-order valence-corrected chi connectivity index (χ3v) is 5.17. The van der Waals surface area contributed by atoms with E-state index in [1.54, 1.807) is 7.11 Å². The quantitative estimate of drug-likeness (QED) is 0.844. The number of urea groups is 1. The Balaban J connectivity index is 1.45. The van der Waals surface area contributed by atoms with Crippen molar-refractivity contribution >= 4 is 17.4 Å². The van der Waals surface area contributed by atoms with E-state index in [0.717, 1.165) is 47.8 Å². The Morgan fingerprint density at radius 1 is 1.22 bits per heavy atom. The Bertz CT molecular complexity index is 818. The highest BCUT2D eigenvalue weighted by Crippen LogP contribution is 2.41. The lowest BCUT2D eigenvalue weighted by molar-refractivity contribution is 0.247. The first-order chi connectivity index (χ1) is 13.1. The van der Waals surface area contributed by atoms with E-state index in [2.05, 4.69) is 15.5 Å². The molecule has 0 spiro atoms. The molecule has 2 aromatic carbocycles. The van der Waals surface area contributed by atoms with E-state index < -0.39 is 0 Å². The molecule has 2 amide bonds. The van der Waals surface area contributed by atoms with E-state index >= 15 is 0 Å². The molecule has 0 aromatic heterocycles. The van der Waals surface area contributed by atoms with E-state index in [1.165, 1.54) is 0 Å². The molecule has 0 saturated heterocycles. The molecule has 0 bridgehead atoms. The van der Waals surface area contributed by atoms with E-state index in [9.17, 15) is 4.79 Å². The van der Waals surface area contributed by atoms with Crippen molar-refractivity contribution in [2.24, 2.45) is 5.92 Å². The predicted molar refractivity (Wildman–Crippen MR) is 106 cm³/mol. The maximum Gasteiger partial charge on any atom is 0.319 e. The zero-order valence-electron chi connectivity index (χ0n) is 15.7. The summed E-state index contributed by atoms with van der Waals surface area (Å²) >= 11 is 0. The van der Waals surface area contributed by atoms with Crippen molar-refractivity contribution in [3.63, 3.8) is 0 Å². The van der Waals surface area contributed by atoms with Crippen molar-refractivity contribution in [3.05, 3.63) is 48.0 Å². The molecule has 1 saturated carbocycles. The number of ether oxygens (including phenoxy) is 2. The van der Waals surface area contributed by atoms with Gasteiger partial charge in [-0.05, 0) is 54.7 Å². The summed E-state index contributed by atoms with van der Waals surface area (Å²) in [5.74, 6) is 2.16. The van der Waals surface area contributed by atoms with Gasteiger partial charge in [0.25, 0.3) is 0 Å². The van der Waals surface area contributed by atoms with Crippen LogP contribution < -0.4 is 25.0 Å². The SMILES string of the molecule is COc1ccc(C(NC(=O)Nc2ccc3c(c2)N(C)CCO3)C2CC2)cc1. The molecule has 2 aliphatic rings. The van der Waals surface area contributed by atoms with Gasteiger partial charge in [0, 0.05) is 12.7 Å². The molecule has 1 heterocycles. The molecule has 1 aliphatic carbocycles. The lowest BCUT2D eigenvalue weighted by Gasteiger charge is -2.28. The zero-order valence-corrected chi connectivity index (χ0v) is 15.7. The van der Waals surface area contributed by atoms with E-state index in [1.807, 2.05) is 49.5 Å². The van der Waals surface area contributed by atoms with Gasteiger partial charge in [0.15, 0.2) is 0 Å². The first-order valence-corrected chi connectivity index (χ1v) is 9.33. The van der Waals surface area contributed by atoms with Crippen LogP contribution in [-0.4, -0.2) is 33.3 Å². The van der Waals surface area contributed by atoms with Gasteiger partial charge < -0.3 is 25.0 Å². The summed E-state index contributed by atoms with van der Waals surface area (Å²) in [6, 6.07) is 13.5. The Hall–Kier alpha value is -2.89. The fourth-order valence-corrected chi connectivity index (χ4v) is 3.45. The number of carbonyl (C=O) groups is 1. The molecule has 2 N–H and O–H groups in total. The minimum absolute atomic E-state index is 0.0135. The minimum atomic E-state index is -0.193. The van der Waals surface area contributed by atoms with Crippen LogP contribution >= 0.6 is 0 Å². The molecule has 0 radical (unpaired) electrons. The van der Waals surface area contributed by atoms with Crippen LogP contribution in [0.1, 0.15) is 24.4 Å². The second kappa shape index (κ2) is 7.39. The number of nitrogens with zero attached hydrogens (tertiary/aromatic N) is 1. The Morgan fingerprint density at radius 2 is 2.00 bits per heavy atom. The Morgan fingerprint density at radius 3 is 2.70 bits per heavy atom. The molecule has 4 rings (SSSR count). The highest BCUT2D eigenvalue weighted by Gasteiger charge is 2.33. The van der Waals surface area contributed by atoms with Gasteiger partial charge in [-0.3, -0.25) is 0 Å². The molecule has 27 heavy (non-hydrogen) atoms. The Kier molecular flexibility index (Phi) is 4.79. The molecule has 1 atom stereocenters. The number of fused-ring (bicyclic) bond motifs is 1. The average molecular weight is 367 g/mol. The van der Waals surface area contributed by atoms with Crippen LogP contribution in [0, 0.1) is 5.92 Å². The number of benzene rings is 2. The first-order valence-electron chi connectivity index (χ1n) is 9.33. The van der Waals surface area contributed by atoms with E-state index in [4.69, 9.17) is 9.47 Å². The van der Waals surface area contributed by atoms with E-state index in [-0.39, 0.29) is 12.1 Å². The molecular formula is C21H25N3O3. The minimum Gasteiger partial charge on any atom is -0.497 e. The number of hydrogen-bond acceptors (Lipinski definition) is 4. The molecular weight excluding hydrogens is 342 g/mol. The lowest BCUT2D eigenvalue weighted by atomic mass is 10.0. The zero-order chi connectivity index (χ0) is 18.8. The number of hydrogen-bond donors (Lipinski definition) is 2. The van der Waals surface area contributed by atoms with Gasteiger partial charge in [-0.25, -0.2) is 4.79 Å². The molecule has 1 fully saturated rings. The van der Waals surface area contributed by atoms with Crippen LogP contribution in [0.5, 0.6) is 11.5 Å². The molecule has 1 aliphatic heterocycles. The number of methoxy groups -OCH3 is 1. The molecule has 1 unspecified atom stereocenters. The summed E-state index contributed by atoms with van der Waals surface area (Å²) in [5.41, 5.74) is 2.85. The molecule has 6 nitrogen and oxygen atoms in total. The van der Waals surface area contributed by atoms with Crippen molar-refractivity contribution in [3.8, 4) is 11.5 Å². The highest BCUT2D eigenvalue weighted by molar-refractivity contribution is 5.90. The van der Waals surface area contributed by atoms with Crippen molar-refractivity contribution < 1.29 is 14.3 Å². The third-order valence-electron chi connectivity index (χ3n) is 5.17. The molecule has 142 valence electrons. The number of amides is 2. The summed E-state index contributed by atoms with van der Waals surface area (Å²) in [7, 11) is 3.68. The lowest BCUT2D eigenvalue weighted by Crippen LogP contribution is -2.34. The summed E-state index contributed by atoms with van der Waals surface area (Å²) < 4.78 is 10.9.